The fraction of sp³-hybridized carbons (Fsp3) is 0.182. The number of benzene rings is 2. The Bertz CT molecular complexity index is 1060. The molecule has 0 radical (unpaired) electrons. The number of methoxy groups -OCH3 is 1. The van der Waals surface area contributed by atoms with Crippen LogP contribution < -0.4 is 10.1 Å². The highest BCUT2D eigenvalue weighted by Gasteiger charge is 2.30. The molecule has 0 fully saturated rings. The maximum absolute atomic E-state index is 13.3. The number of pyridine rings is 1. The van der Waals surface area contributed by atoms with Crippen LogP contribution in [-0.2, 0) is 9.84 Å². The molecular weight excluding hydrogens is 388 g/mol. The van der Waals surface area contributed by atoms with Crippen LogP contribution in [0.3, 0.4) is 0 Å². The predicted molar refractivity (Wildman–Crippen MR) is 111 cm³/mol. The first kappa shape index (κ1) is 20.5. The number of aromatic nitrogens is 1. The summed E-state index contributed by atoms with van der Waals surface area (Å²) in [6.07, 6.45) is 3.09. The van der Waals surface area contributed by atoms with Crippen molar-refractivity contribution < 1.29 is 17.9 Å². The third-order valence-electron chi connectivity index (χ3n) is 4.58. The topological polar surface area (TPSA) is 85.4 Å². The van der Waals surface area contributed by atoms with Gasteiger partial charge in [0.1, 0.15) is 11.0 Å². The van der Waals surface area contributed by atoms with Crippen LogP contribution >= 0.6 is 0 Å². The summed E-state index contributed by atoms with van der Waals surface area (Å²) in [4.78, 5) is 16.8. The molecule has 0 aliphatic carbocycles. The maximum atomic E-state index is 13.3. The molecule has 0 unspecified atom stereocenters. The van der Waals surface area contributed by atoms with Gasteiger partial charge in [0.25, 0.3) is 5.91 Å². The molecule has 6 nitrogen and oxygen atoms in total. The Morgan fingerprint density at radius 1 is 1.07 bits per heavy atom. The summed E-state index contributed by atoms with van der Waals surface area (Å²) in [6.45, 7) is 1.82. The molecule has 7 heteroatoms. The lowest BCUT2D eigenvalue weighted by atomic mass is 10.2. The fourth-order valence-corrected chi connectivity index (χ4v) is 4.54. The summed E-state index contributed by atoms with van der Waals surface area (Å²) in [5.41, 5.74) is 1.90. The summed E-state index contributed by atoms with van der Waals surface area (Å²) < 4.78 is 31.7. The second kappa shape index (κ2) is 8.87. The lowest BCUT2D eigenvalue weighted by Crippen LogP contribution is -2.32. The first-order valence-corrected chi connectivity index (χ1v) is 10.6. The van der Waals surface area contributed by atoms with Gasteiger partial charge in [-0.15, -0.1) is 0 Å². The van der Waals surface area contributed by atoms with Crippen molar-refractivity contribution in [3.63, 3.8) is 0 Å². The van der Waals surface area contributed by atoms with Crippen LogP contribution in [0.25, 0.3) is 0 Å². The molecular formula is C22H22N2O4S. The van der Waals surface area contributed by atoms with Gasteiger partial charge < -0.3 is 10.1 Å². The van der Waals surface area contributed by atoms with Crippen LogP contribution in [0.4, 0.5) is 0 Å². The number of ether oxygens (including phenoxy) is 1. The van der Waals surface area contributed by atoms with Crippen LogP contribution in [0.5, 0.6) is 5.75 Å². The first-order valence-electron chi connectivity index (χ1n) is 9.04. The fourth-order valence-electron chi connectivity index (χ4n) is 2.90. The number of sulfone groups is 1. The molecule has 0 bridgehead atoms. The van der Waals surface area contributed by atoms with Crippen molar-refractivity contribution in [2.24, 2.45) is 0 Å². The monoisotopic (exact) mass is 410 g/mol. The average molecular weight is 410 g/mol. The van der Waals surface area contributed by atoms with Gasteiger partial charge in [-0.05, 0) is 55.0 Å². The van der Waals surface area contributed by atoms with Crippen molar-refractivity contribution in [1.29, 1.82) is 0 Å². The Morgan fingerprint density at radius 3 is 2.34 bits per heavy atom. The summed E-state index contributed by atoms with van der Waals surface area (Å²) in [7, 11) is -2.19. The number of hydrogen-bond donors (Lipinski definition) is 1. The highest BCUT2D eigenvalue weighted by atomic mass is 32.2. The Hall–Kier alpha value is -3.19. The number of nitrogens with one attached hydrogen (secondary N) is 1. The SMILES string of the molecule is COc1ccc(C(=O)NC[C@@H](c2cccnc2)S(=O)(=O)c2ccc(C)cc2)cc1. The van der Waals surface area contributed by atoms with E-state index in [1.807, 2.05) is 6.92 Å². The second-order valence-electron chi connectivity index (χ2n) is 6.57. The lowest BCUT2D eigenvalue weighted by molar-refractivity contribution is 0.0953. The van der Waals surface area contributed by atoms with Crippen LogP contribution in [0.1, 0.15) is 26.7 Å². The Balaban J connectivity index is 1.86. The van der Waals surface area contributed by atoms with E-state index < -0.39 is 15.1 Å². The summed E-state index contributed by atoms with van der Waals surface area (Å²) in [6, 6.07) is 16.7. The van der Waals surface area contributed by atoms with Gasteiger partial charge in [0.05, 0.1) is 12.0 Å². The molecule has 0 aliphatic rings. The number of carbonyl (C=O) groups excluding carboxylic acids is 1. The van der Waals surface area contributed by atoms with E-state index in [2.05, 4.69) is 10.3 Å². The van der Waals surface area contributed by atoms with E-state index in [0.717, 1.165) is 5.56 Å². The molecule has 29 heavy (non-hydrogen) atoms. The number of rotatable bonds is 7. The van der Waals surface area contributed by atoms with Gasteiger partial charge in [-0.1, -0.05) is 23.8 Å². The third kappa shape index (κ3) is 4.81. The van der Waals surface area contributed by atoms with Crippen molar-refractivity contribution in [2.75, 3.05) is 13.7 Å². The molecule has 3 rings (SSSR count). The smallest absolute Gasteiger partial charge is 0.251 e. The standard InChI is InChI=1S/C22H22N2O4S/c1-16-5-11-20(12-6-16)29(26,27)21(18-4-3-13-23-14-18)15-24-22(25)17-7-9-19(28-2)10-8-17/h3-14,21H,15H2,1-2H3,(H,24,25)/t21-/m0/s1. The van der Waals surface area contributed by atoms with E-state index in [-0.39, 0.29) is 17.3 Å². The molecule has 2 aromatic carbocycles. The number of aryl methyl sites for hydroxylation is 1. The van der Waals surface area contributed by atoms with E-state index in [0.29, 0.717) is 16.9 Å². The van der Waals surface area contributed by atoms with E-state index >= 15 is 0 Å². The molecule has 1 heterocycles. The van der Waals surface area contributed by atoms with Gasteiger partial charge in [-0.3, -0.25) is 9.78 Å². The minimum atomic E-state index is -3.73. The van der Waals surface area contributed by atoms with Gasteiger partial charge >= 0.3 is 0 Å². The average Bonchev–Trinajstić information content (AvgIpc) is 2.74. The van der Waals surface area contributed by atoms with E-state index in [1.165, 1.54) is 6.20 Å². The molecule has 0 spiro atoms. The highest BCUT2D eigenvalue weighted by molar-refractivity contribution is 7.91. The molecule has 1 N–H and O–H groups in total. The number of amides is 1. The van der Waals surface area contributed by atoms with Crippen molar-refractivity contribution in [3.05, 3.63) is 89.7 Å². The van der Waals surface area contributed by atoms with Crippen LogP contribution in [0, 0.1) is 6.92 Å². The van der Waals surface area contributed by atoms with Crippen LogP contribution in [-0.4, -0.2) is 33.0 Å². The predicted octanol–water partition coefficient (Wildman–Crippen LogP) is 3.34. The molecule has 1 aromatic heterocycles. The van der Waals surface area contributed by atoms with E-state index in [4.69, 9.17) is 4.74 Å². The van der Waals surface area contributed by atoms with Gasteiger partial charge in [0.15, 0.2) is 9.84 Å². The molecule has 0 saturated carbocycles. The number of carbonyl (C=O) groups is 1. The number of hydrogen-bond acceptors (Lipinski definition) is 5. The zero-order valence-electron chi connectivity index (χ0n) is 16.2. The first-order chi connectivity index (χ1) is 13.9. The molecule has 1 atom stereocenters. The normalized spacial score (nSPS) is 12.2. The van der Waals surface area contributed by atoms with E-state index in [9.17, 15) is 13.2 Å². The zero-order valence-corrected chi connectivity index (χ0v) is 17.0. The number of nitrogens with zero attached hydrogens (tertiary/aromatic N) is 1. The minimum absolute atomic E-state index is 0.0766. The Kier molecular flexibility index (Phi) is 6.29. The molecule has 3 aromatic rings. The minimum Gasteiger partial charge on any atom is -0.497 e. The van der Waals surface area contributed by atoms with Gasteiger partial charge in [0, 0.05) is 24.5 Å². The maximum Gasteiger partial charge on any atom is 0.251 e. The second-order valence-corrected chi connectivity index (χ2v) is 8.70. The van der Waals surface area contributed by atoms with E-state index in [1.54, 1.807) is 74.0 Å². The van der Waals surface area contributed by atoms with Crippen molar-refractivity contribution >= 4 is 15.7 Å². The third-order valence-corrected chi connectivity index (χ3v) is 6.70. The lowest BCUT2D eigenvalue weighted by Gasteiger charge is -2.19. The van der Waals surface area contributed by atoms with Gasteiger partial charge in [0.2, 0.25) is 0 Å². The van der Waals surface area contributed by atoms with Gasteiger partial charge in [-0.25, -0.2) is 8.42 Å². The molecule has 1 amide bonds. The summed E-state index contributed by atoms with van der Waals surface area (Å²) in [5.74, 6) is 0.275. The largest absolute Gasteiger partial charge is 0.497 e. The summed E-state index contributed by atoms with van der Waals surface area (Å²) >= 11 is 0. The molecule has 0 aliphatic heterocycles. The van der Waals surface area contributed by atoms with Crippen LogP contribution in [0.2, 0.25) is 0 Å². The summed E-state index contributed by atoms with van der Waals surface area (Å²) in [5, 5.41) is 1.78. The Labute approximate surface area is 170 Å². The van der Waals surface area contributed by atoms with Crippen LogP contribution in [0.15, 0.2) is 78.0 Å². The molecule has 0 saturated heterocycles. The van der Waals surface area contributed by atoms with Crippen molar-refractivity contribution in [2.45, 2.75) is 17.1 Å². The van der Waals surface area contributed by atoms with Crippen molar-refractivity contribution in [3.8, 4) is 5.75 Å². The quantitative estimate of drug-likeness (QED) is 0.646. The molecule has 150 valence electrons. The van der Waals surface area contributed by atoms with Gasteiger partial charge in [-0.2, -0.15) is 0 Å². The zero-order chi connectivity index (χ0) is 20.9. The van der Waals surface area contributed by atoms with Crippen molar-refractivity contribution in [1.82, 2.24) is 10.3 Å². The highest BCUT2D eigenvalue weighted by Crippen LogP contribution is 2.28. The Morgan fingerprint density at radius 2 is 1.76 bits per heavy atom.